The smallest absolute Gasteiger partial charge is 0.221 e. The number of phenols is 1. The summed E-state index contributed by atoms with van der Waals surface area (Å²) in [6.07, 6.45) is 3.89. The van der Waals surface area contributed by atoms with Crippen LogP contribution in [0.5, 0.6) is 17.2 Å². The maximum atomic E-state index is 9.99. The number of anilines is 2. The summed E-state index contributed by atoms with van der Waals surface area (Å²) in [5.41, 5.74) is 15.0. The van der Waals surface area contributed by atoms with Gasteiger partial charge >= 0.3 is 0 Å². The Hall–Kier alpha value is -3.48. The first-order valence-corrected chi connectivity index (χ1v) is 10.1. The Labute approximate surface area is 176 Å². The van der Waals surface area contributed by atoms with Crippen molar-refractivity contribution in [3.63, 3.8) is 0 Å². The topological polar surface area (TPSA) is 117 Å². The van der Waals surface area contributed by atoms with E-state index in [1.165, 1.54) is 0 Å². The molecule has 0 radical (unpaired) electrons. The van der Waals surface area contributed by atoms with Crippen LogP contribution in [0.15, 0.2) is 42.6 Å². The molecule has 0 fully saturated rings. The highest BCUT2D eigenvalue weighted by atomic mass is 16.5. The fourth-order valence-electron chi connectivity index (χ4n) is 3.13. The molecule has 0 aliphatic carbocycles. The van der Waals surface area contributed by atoms with Gasteiger partial charge in [-0.1, -0.05) is 26.0 Å². The normalized spacial score (nSPS) is 10.7. The SMILES string of the molecule is CCCOc1cc(Cc2cnc(N)nc2N)cc(OCCC)c1-c1cccc(O)c1. The number of ether oxygens (including phenoxy) is 2. The van der Waals surface area contributed by atoms with E-state index in [1.807, 2.05) is 18.2 Å². The summed E-state index contributed by atoms with van der Waals surface area (Å²) in [5, 5.41) is 9.99. The maximum Gasteiger partial charge on any atom is 0.221 e. The number of nitrogens with two attached hydrogens (primary N) is 2. The summed E-state index contributed by atoms with van der Waals surface area (Å²) in [6, 6.07) is 11.0. The van der Waals surface area contributed by atoms with Crippen molar-refractivity contribution in [2.45, 2.75) is 33.1 Å². The third-order valence-corrected chi connectivity index (χ3v) is 4.50. The van der Waals surface area contributed by atoms with E-state index < -0.39 is 0 Å². The van der Waals surface area contributed by atoms with E-state index >= 15 is 0 Å². The number of rotatable bonds is 9. The van der Waals surface area contributed by atoms with Crippen molar-refractivity contribution in [2.24, 2.45) is 0 Å². The molecule has 30 heavy (non-hydrogen) atoms. The third kappa shape index (κ3) is 5.11. The van der Waals surface area contributed by atoms with Crippen LogP contribution in [0.2, 0.25) is 0 Å². The van der Waals surface area contributed by atoms with Gasteiger partial charge in [-0.3, -0.25) is 0 Å². The Kier molecular flexibility index (Phi) is 6.95. The highest BCUT2D eigenvalue weighted by Crippen LogP contribution is 2.41. The molecule has 3 aromatic rings. The van der Waals surface area contributed by atoms with Crippen molar-refractivity contribution < 1.29 is 14.6 Å². The van der Waals surface area contributed by atoms with Crippen LogP contribution in [0.1, 0.15) is 37.8 Å². The van der Waals surface area contributed by atoms with E-state index in [0.717, 1.165) is 35.1 Å². The number of benzene rings is 2. The van der Waals surface area contributed by atoms with Crippen molar-refractivity contribution in [1.29, 1.82) is 0 Å². The molecule has 7 heteroatoms. The molecule has 7 nitrogen and oxygen atoms in total. The molecule has 0 aliphatic heterocycles. The minimum absolute atomic E-state index is 0.148. The van der Waals surface area contributed by atoms with Gasteiger partial charge in [-0.05, 0) is 48.2 Å². The lowest BCUT2D eigenvalue weighted by molar-refractivity contribution is 0.303. The predicted octanol–water partition coefficient (Wildman–Crippen LogP) is 4.18. The van der Waals surface area contributed by atoms with Crippen LogP contribution in [-0.2, 0) is 6.42 Å². The fourth-order valence-corrected chi connectivity index (χ4v) is 3.13. The summed E-state index contributed by atoms with van der Waals surface area (Å²) in [7, 11) is 0. The van der Waals surface area contributed by atoms with Crippen molar-refractivity contribution in [3.05, 3.63) is 53.7 Å². The molecule has 3 rings (SSSR count). The van der Waals surface area contributed by atoms with Crippen LogP contribution >= 0.6 is 0 Å². The van der Waals surface area contributed by atoms with E-state index in [1.54, 1.807) is 24.4 Å². The molecular weight excluding hydrogens is 380 g/mol. The Morgan fingerprint density at radius 3 is 2.20 bits per heavy atom. The zero-order chi connectivity index (χ0) is 21.5. The average molecular weight is 409 g/mol. The van der Waals surface area contributed by atoms with Crippen LogP contribution in [0.4, 0.5) is 11.8 Å². The molecular formula is C23H28N4O3. The van der Waals surface area contributed by atoms with Gasteiger partial charge in [0.15, 0.2) is 0 Å². The molecule has 0 saturated heterocycles. The van der Waals surface area contributed by atoms with Gasteiger partial charge in [0, 0.05) is 18.2 Å². The number of aromatic nitrogens is 2. The average Bonchev–Trinajstić information content (AvgIpc) is 2.72. The maximum absolute atomic E-state index is 9.99. The van der Waals surface area contributed by atoms with E-state index in [-0.39, 0.29) is 11.7 Å². The van der Waals surface area contributed by atoms with Crippen molar-refractivity contribution in [1.82, 2.24) is 9.97 Å². The molecule has 2 aromatic carbocycles. The summed E-state index contributed by atoms with van der Waals surface area (Å²) in [6.45, 7) is 5.24. The van der Waals surface area contributed by atoms with E-state index in [0.29, 0.717) is 37.0 Å². The second-order valence-corrected chi connectivity index (χ2v) is 7.03. The lowest BCUT2D eigenvalue weighted by atomic mass is 9.98. The summed E-state index contributed by atoms with van der Waals surface area (Å²) in [5.74, 6) is 2.08. The van der Waals surface area contributed by atoms with Crippen LogP contribution in [-0.4, -0.2) is 28.3 Å². The standard InChI is InChI=1S/C23H28N4O3/c1-3-8-29-19-11-15(10-17-14-26-23(25)27-22(17)24)12-20(30-9-4-2)21(19)16-6-5-7-18(28)13-16/h5-7,11-14,28H,3-4,8-10H2,1-2H3,(H4,24,25,26,27). The van der Waals surface area contributed by atoms with Crippen LogP contribution in [0.25, 0.3) is 11.1 Å². The van der Waals surface area contributed by atoms with Gasteiger partial charge < -0.3 is 26.0 Å². The quantitative estimate of drug-likeness (QED) is 0.486. The Morgan fingerprint density at radius 2 is 1.63 bits per heavy atom. The molecule has 0 atom stereocenters. The highest BCUT2D eigenvalue weighted by Gasteiger charge is 2.17. The van der Waals surface area contributed by atoms with Gasteiger partial charge in [-0.15, -0.1) is 0 Å². The number of phenolic OH excluding ortho intramolecular Hbond substituents is 1. The second kappa shape index (κ2) is 9.82. The monoisotopic (exact) mass is 408 g/mol. The highest BCUT2D eigenvalue weighted by molar-refractivity contribution is 5.78. The molecule has 0 saturated carbocycles. The molecule has 158 valence electrons. The third-order valence-electron chi connectivity index (χ3n) is 4.50. The van der Waals surface area contributed by atoms with E-state index in [4.69, 9.17) is 20.9 Å². The Balaban J connectivity index is 2.10. The van der Waals surface area contributed by atoms with Gasteiger partial charge in [-0.2, -0.15) is 4.98 Å². The zero-order valence-corrected chi connectivity index (χ0v) is 17.4. The van der Waals surface area contributed by atoms with Crippen LogP contribution in [0, 0.1) is 0 Å². The largest absolute Gasteiger partial charge is 0.508 e. The first-order chi connectivity index (χ1) is 14.5. The second-order valence-electron chi connectivity index (χ2n) is 7.03. The molecule has 0 unspecified atom stereocenters. The lowest BCUT2D eigenvalue weighted by Crippen LogP contribution is -2.06. The summed E-state index contributed by atoms with van der Waals surface area (Å²) in [4.78, 5) is 8.09. The molecule has 0 bridgehead atoms. The molecule has 0 amide bonds. The number of aromatic hydroxyl groups is 1. The first kappa shape index (κ1) is 21.2. The van der Waals surface area contributed by atoms with Crippen molar-refractivity contribution in [2.75, 3.05) is 24.7 Å². The van der Waals surface area contributed by atoms with Crippen molar-refractivity contribution in [3.8, 4) is 28.4 Å². The number of hydrogen-bond donors (Lipinski definition) is 3. The zero-order valence-electron chi connectivity index (χ0n) is 17.4. The molecule has 5 N–H and O–H groups in total. The van der Waals surface area contributed by atoms with Crippen LogP contribution in [0.3, 0.4) is 0 Å². The van der Waals surface area contributed by atoms with Gasteiger partial charge in [-0.25, -0.2) is 4.98 Å². The van der Waals surface area contributed by atoms with Gasteiger partial charge in [0.25, 0.3) is 0 Å². The fraction of sp³-hybridized carbons (Fsp3) is 0.304. The number of nitrogen functional groups attached to an aromatic ring is 2. The number of hydrogen-bond acceptors (Lipinski definition) is 7. The Morgan fingerprint density at radius 1 is 0.967 bits per heavy atom. The minimum Gasteiger partial charge on any atom is -0.508 e. The van der Waals surface area contributed by atoms with Crippen molar-refractivity contribution >= 4 is 11.8 Å². The summed E-state index contributed by atoms with van der Waals surface area (Å²) < 4.78 is 12.2. The summed E-state index contributed by atoms with van der Waals surface area (Å²) >= 11 is 0. The minimum atomic E-state index is 0.148. The number of nitrogens with zero attached hydrogens (tertiary/aromatic N) is 2. The predicted molar refractivity (Wildman–Crippen MR) is 119 cm³/mol. The van der Waals surface area contributed by atoms with E-state index in [2.05, 4.69) is 23.8 Å². The Bertz CT molecular complexity index is 978. The molecule has 0 spiro atoms. The molecule has 1 aromatic heterocycles. The lowest BCUT2D eigenvalue weighted by Gasteiger charge is -2.19. The van der Waals surface area contributed by atoms with Gasteiger partial charge in [0.1, 0.15) is 23.1 Å². The molecule has 1 heterocycles. The van der Waals surface area contributed by atoms with Gasteiger partial charge in [0.05, 0.1) is 18.8 Å². The van der Waals surface area contributed by atoms with Crippen LogP contribution < -0.4 is 20.9 Å². The van der Waals surface area contributed by atoms with E-state index in [9.17, 15) is 5.11 Å². The first-order valence-electron chi connectivity index (χ1n) is 10.1. The van der Waals surface area contributed by atoms with Gasteiger partial charge in [0.2, 0.25) is 5.95 Å². The molecule has 0 aliphatic rings.